The molecule has 5 rings (SSSR count). The van der Waals surface area contributed by atoms with Crippen molar-refractivity contribution in [2.24, 2.45) is 5.92 Å². The Balaban J connectivity index is 1.69. The number of rotatable bonds is 7. The highest BCUT2D eigenvalue weighted by atomic mass is 16.7. The van der Waals surface area contributed by atoms with Gasteiger partial charge in [-0.2, -0.15) is 0 Å². The molecule has 0 aliphatic carbocycles. The van der Waals surface area contributed by atoms with Crippen LogP contribution in [-0.2, 0) is 15.0 Å². The van der Waals surface area contributed by atoms with Gasteiger partial charge in [0.2, 0.25) is 0 Å². The van der Waals surface area contributed by atoms with Gasteiger partial charge in [0.1, 0.15) is 11.9 Å². The summed E-state index contributed by atoms with van der Waals surface area (Å²) in [6.07, 6.45) is 3.10. The second-order valence-corrected chi connectivity index (χ2v) is 10.9. The first-order valence-electron chi connectivity index (χ1n) is 13.4. The molecule has 4 aromatic carbocycles. The summed E-state index contributed by atoms with van der Waals surface area (Å²) in [6, 6.07) is 35.8. The number of hydrogen-bond donors (Lipinski definition) is 0. The van der Waals surface area contributed by atoms with Gasteiger partial charge in [-0.25, -0.2) is 5.06 Å². The Morgan fingerprint density at radius 1 is 0.846 bits per heavy atom. The number of methoxy groups -OCH3 is 1. The molecule has 0 unspecified atom stereocenters. The van der Waals surface area contributed by atoms with E-state index in [1.165, 1.54) is 5.56 Å². The molecule has 0 saturated carbocycles. The molecule has 39 heavy (non-hydrogen) atoms. The molecule has 4 aromatic rings. The van der Waals surface area contributed by atoms with Gasteiger partial charge in [0.05, 0.1) is 24.8 Å². The van der Waals surface area contributed by atoms with E-state index in [4.69, 9.17) is 9.57 Å². The molecule has 0 N–H and O–H groups in total. The molecule has 1 aliphatic rings. The predicted octanol–water partition coefficient (Wildman–Crippen LogP) is 8.13. The highest BCUT2D eigenvalue weighted by molar-refractivity contribution is 5.97. The van der Waals surface area contributed by atoms with Crippen molar-refractivity contribution in [2.75, 3.05) is 12.2 Å². The lowest BCUT2D eigenvalue weighted by atomic mass is 9.80. The van der Waals surface area contributed by atoms with Crippen LogP contribution in [0.5, 0.6) is 5.75 Å². The van der Waals surface area contributed by atoms with Crippen molar-refractivity contribution in [2.45, 2.75) is 38.3 Å². The van der Waals surface area contributed by atoms with Gasteiger partial charge in [0.25, 0.3) is 0 Å². The maximum Gasteiger partial charge on any atom is 0.164 e. The quantitative estimate of drug-likeness (QED) is 0.232. The average molecular weight is 518 g/mol. The topological polar surface area (TPSA) is 38.8 Å². The zero-order valence-electron chi connectivity index (χ0n) is 23.0. The first kappa shape index (κ1) is 26.5. The summed E-state index contributed by atoms with van der Waals surface area (Å²) in [6.45, 7) is 6.57. The van der Waals surface area contributed by atoms with Gasteiger partial charge < -0.3 is 4.74 Å². The molecule has 1 aliphatic heterocycles. The third kappa shape index (κ3) is 5.67. The molecular formula is C35H35NO3. The molecule has 1 fully saturated rings. The summed E-state index contributed by atoms with van der Waals surface area (Å²) in [5.74, 6) is 0.215. The van der Waals surface area contributed by atoms with Gasteiger partial charge >= 0.3 is 0 Å². The van der Waals surface area contributed by atoms with Crippen LogP contribution < -0.4 is 9.80 Å². The molecule has 4 nitrogen and oxygen atoms in total. The molecule has 0 radical (unpaired) electrons. The van der Waals surface area contributed by atoms with E-state index in [9.17, 15) is 4.79 Å². The van der Waals surface area contributed by atoms with E-state index in [2.05, 4.69) is 32.9 Å². The van der Waals surface area contributed by atoms with E-state index in [1.54, 1.807) is 13.2 Å². The number of hydroxylamine groups is 1. The Bertz CT molecular complexity index is 1430. The van der Waals surface area contributed by atoms with E-state index >= 15 is 0 Å². The molecule has 1 saturated heterocycles. The number of carbonyl (C=O) groups is 1. The number of allylic oxidation sites excluding steroid dienone is 1. The van der Waals surface area contributed by atoms with E-state index in [1.807, 2.05) is 108 Å². The van der Waals surface area contributed by atoms with E-state index in [0.29, 0.717) is 0 Å². The molecule has 4 heteroatoms. The number of benzene rings is 4. The van der Waals surface area contributed by atoms with Crippen LogP contribution >= 0.6 is 0 Å². The third-order valence-electron chi connectivity index (χ3n) is 7.27. The average Bonchev–Trinajstić information content (AvgIpc) is 3.37. The molecule has 0 aromatic heterocycles. The van der Waals surface area contributed by atoms with Crippen molar-refractivity contribution in [3.63, 3.8) is 0 Å². The van der Waals surface area contributed by atoms with Crippen LogP contribution in [0.1, 0.15) is 55.2 Å². The smallest absolute Gasteiger partial charge is 0.164 e. The summed E-state index contributed by atoms with van der Waals surface area (Å²) in [5.41, 5.74) is 4.83. The molecule has 198 valence electrons. The SMILES string of the molecule is COc1ccc(C(C)(C)C)cc1[C@@H]1[C@@H](C(=O)/C=C/c2ccccc2)[C@H](c2ccccc2)ON1c1ccccc1. The predicted molar refractivity (Wildman–Crippen MR) is 158 cm³/mol. The van der Waals surface area contributed by atoms with Crippen LogP contribution in [0.2, 0.25) is 0 Å². The zero-order chi connectivity index (χ0) is 27.4. The lowest BCUT2D eigenvalue weighted by molar-refractivity contribution is -0.120. The second-order valence-electron chi connectivity index (χ2n) is 10.9. The lowest BCUT2D eigenvalue weighted by Crippen LogP contribution is -2.28. The van der Waals surface area contributed by atoms with Crippen molar-refractivity contribution in [3.8, 4) is 5.75 Å². The first-order chi connectivity index (χ1) is 18.9. The van der Waals surface area contributed by atoms with Gasteiger partial charge in [-0.15, -0.1) is 0 Å². The van der Waals surface area contributed by atoms with Crippen LogP contribution in [0.4, 0.5) is 5.69 Å². The number of carbonyl (C=O) groups excluding carboxylic acids is 1. The Morgan fingerprint density at radius 3 is 2.08 bits per heavy atom. The van der Waals surface area contributed by atoms with E-state index in [0.717, 1.165) is 28.1 Å². The highest BCUT2D eigenvalue weighted by Gasteiger charge is 2.49. The number of hydrogen-bond acceptors (Lipinski definition) is 4. The Kier molecular flexibility index (Phi) is 7.67. The molecule has 1 heterocycles. The normalized spacial score (nSPS) is 19.4. The van der Waals surface area contributed by atoms with Crippen molar-refractivity contribution >= 4 is 17.5 Å². The highest BCUT2D eigenvalue weighted by Crippen LogP contribution is 2.51. The van der Waals surface area contributed by atoms with Crippen LogP contribution in [0, 0.1) is 5.92 Å². The van der Waals surface area contributed by atoms with Gasteiger partial charge in [-0.1, -0.05) is 112 Å². The zero-order valence-corrected chi connectivity index (χ0v) is 23.0. The van der Waals surface area contributed by atoms with Crippen LogP contribution in [0.25, 0.3) is 6.08 Å². The van der Waals surface area contributed by atoms with Gasteiger partial charge in [-0.05, 0) is 52.4 Å². The van der Waals surface area contributed by atoms with Crippen molar-refractivity contribution in [1.29, 1.82) is 0 Å². The monoisotopic (exact) mass is 517 g/mol. The molecule has 0 bridgehead atoms. The van der Waals surface area contributed by atoms with Crippen LogP contribution in [0.3, 0.4) is 0 Å². The number of nitrogens with zero attached hydrogens (tertiary/aromatic N) is 1. The molecule has 3 atom stereocenters. The van der Waals surface area contributed by atoms with Crippen LogP contribution in [0.15, 0.2) is 115 Å². The van der Waals surface area contributed by atoms with Crippen molar-refractivity contribution in [1.82, 2.24) is 0 Å². The number of ether oxygens (including phenoxy) is 1. The largest absolute Gasteiger partial charge is 0.496 e. The fourth-order valence-corrected chi connectivity index (χ4v) is 5.18. The fourth-order valence-electron chi connectivity index (χ4n) is 5.18. The first-order valence-corrected chi connectivity index (χ1v) is 13.4. The minimum atomic E-state index is -0.517. The summed E-state index contributed by atoms with van der Waals surface area (Å²) in [4.78, 5) is 20.9. The van der Waals surface area contributed by atoms with Gasteiger partial charge in [0, 0.05) is 5.56 Å². The van der Waals surface area contributed by atoms with Gasteiger partial charge in [-0.3, -0.25) is 9.63 Å². The molecule has 0 spiro atoms. The molecule has 0 amide bonds. The minimum absolute atomic E-state index is 0.000600. The summed E-state index contributed by atoms with van der Waals surface area (Å²) >= 11 is 0. The molecular weight excluding hydrogens is 482 g/mol. The Hall–Kier alpha value is -4.15. The fraction of sp³-hybridized carbons (Fsp3) is 0.229. The Labute approximate surface area is 231 Å². The summed E-state index contributed by atoms with van der Waals surface area (Å²) in [5, 5.41) is 1.90. The van der Waals surface area contributed by atoms with Crippen molar-refractivity contribution < 1.29 is 14.4 Å². The second kappa shape index (κ2) is 11.3. The number of para-hydroxylation sites is 1. The van der Waals surface area contributed by atoms with Crippen molar-refractivity contribution in [3.05, 3.63) is 138 Å². The van der Waals surface area contributed by atoms with Gasteiger partial charge in [0.15, 0.2) is 5.78 Å². The Morgan fingerprint density at radius 2 is 1.46 bits per heavy atom. The summed E-state index contributed by atoms with van der Waals surface area (Å²) in [7, 11) is 1.68. The standard InChI is InChI=1S/C35H35NO3/c1-35(2,3)27-21-23-31(38-4)29(24-27)33-32(30(37)22-20-25-14-8-5-9-15-25)34(26-16-10-6-11-17-26)39-36(33)28-18-12-7-13-19-28/h5-24,32-34H,1-4H3/b22-20+/t32-,33-,34+/m1/s1. The van der Waals surface area contributed by atoms with E-state index < -0.39 is 18.1 Å². The number of ketones is 1. The third-order valence-corrected chi connectivity index (χ3v) is 7.27. The number of anilines is 1. The van der Waals surface area contributed by atoms with E-state index in [-0.39, 0.29) is 11.2 Å². The maximum atomic E-state index is 14.2. The minimum Gasteiger partial charge on any atom is -0.496 e. The maximum absolute atomic E-state index is 14.2. The lowest BCUT2D eigenvalue weighted by Gasteiger charge is -2.30. The van der Waals surface area contributed by atoms with Crippen LogP contribution in [-0.4, -0.2) is 12.9 Å². The summed E-state index contributed by atoms with van der Waals surface area (Å²) < 4.78 is 5.90.